The molecule has 39 heavy (non-hydrogen) atoms. The van der Waals surface area contributed by atoms with Gasteiger partial charge in [-0.1, -0.05) is 13.8 Å². The van der Waals surface area contributed by atoms with Crippen LogP contribution in [0.25, 0.3) is 0 Å². The maximum absolute atomic E-state index is 13.1. The van der Waals surface area contributed by atoms with E-state index in [0.29, 0.717) is 25.8 Å². The molecule has 0 fully saturated rings. The first kappa shape index (κ1) is 35.0. The van der Waals surface area contributed by atoms with Gasteiger partial charge in [-0.25, -0.2) is 4.79 Å². The van der Waals surface area contributed by atoms with Gasteiger partial charge in [0.05, 0.1) is 6.42 Å². The van der Waals surface area contributed by atoms with Gasteiger partial charge in [0, 0.05) is 13.5 Å². The van der Waals surface area contributed by atoms with Gasteiger partial charge in [0.1, 0.15) is 24.2 Å². The van der Waals surface area contributed by atoms with Gasteiger partial charge in [-0.15, -0.1) is 0 Å². The molecule has 0 aliphatic carbocycles. The van der Waals surface area contributed by atoms with E-state index in [4.69, 9.17) is 17.2 Å². The highest BCUT2D eigenvalue weighted by Crippen LogP contribution is 2.07. The molecule has 0 spiro atoms. The Balaban J connectivity index is 5.74. The minimum absolute atomic E-state index is 0.0979. The van der Waals surface area contributed by atoms with Crippen molar-refractivity contribution in [2.75, 3.05) is 13.1 Å². The molecular formula is C23H42N8O8. The number of hydrogen-bond donors (Lipinski definition) is 9. The van der Waals surface area contributed by atoms with Crippen LogP contribution in [0.4, 0.5) is 0 Å². The molecule has 12 N–H and O–H groups in total. The number of unbranched alkanes of at least 4 members (excludes halogenated alkanes) is 1. The highest BCUT2D eigenvalue weighted by Gasteiger charge is 2.32. The number of nitrogens with one attached hydrogen (secondary N) is 4. The van der Waals surface area contributed by atoms with Gasteiger partial charge in [0.25, 0.3) is 0 Å². The maximum atomic E-state index is 13.1. The normalized spacial score (nSPS) is 13.8. The van der Waals surface area contributed by atoms with Crippen molar-refractivity contribution in [3.63, 3.8) is 0 Å². The van der Waals surface area contributed by atoms with Crippen LogP contribution in [-0.2, 0) is 28.8 Å². The smallest absolute Gasteiger partial charge is 0.326 e. The minimum atomic E-state index is -1.62. The SMILES string of the molecule is CC(=O)N[C@@H](CCCN=C(N)N)C(=O)N[C@@H](CCCCN)C(=O)N[C@@H](CC(=O)O)C(=O)N[C@H](C(=O)O)C(C)C. The number of nitrogens with two attached hydrogens (primary N) is 3. The molecule has 16 nitrogen and oxygen atoms in total. The molecule has 0 aliphatic heterocycles. The van der Waals surface area contributed by atoms with Crippen molar-refractivity contribution in [2.24, 2.45) is 28.1 Å². The Bertz CT molecular complexity index is 891. The molecule has 4 amide bonds. The molecule has 0 aromatic heterocycles. The highest BCUT2D eigenvalue weighted by molar-refractivity contribution is 5.96. The van der Waals surface area contributed by atoms with Crippen LogP contribution < -0.4 is 38.5 Å². The van der Waals surface area contributed by atoms with E-state index in [9.17, 15) is 39.0 Å². The van der Waals surface area contributed by atoms with Crippen molar-refractivity contribution in [1.82, 2.24) is 21.3 Å². The summed E-state index contributed by atoms with van der Waals surface area (Å²) in [5, 5.41) is 28.2. The third-order valence-corrected chi connectivity index (χ3v) is 5.46. The number of carboxylic acid groups (broad SMARTS) is 2. The first-order valence-electron chi connectivity index (χ1n) is 12.6. The lowest BCUT2D eigenvalue weighted by atomic mass is 10.0. The van der Waals surface area contributed by atoms with Crippen molar-refractivity contribution >= 4 is 41.5 Å². The average Bonchev–Trinajstić information content (AvgIpc) is 2.81. The number of carbonyl (C=O) groups excluding carboxylic acids is 4. The number of guanidine groups is 1. The van der Waals surface area contributed by atoms with Gasteiger partial charge < -0.3 is 48.7 Å². The van der Waals surface area contributed by atoms with E-state index in [1.165, 1.54) is 6.92 Å². The number of carbonyl (C=O) groups is 6. The number of amides is 4. The van der Waals surface area contributed by atoms with E-state index in [1.54, 1.807) is 13.8 Å². The number of aliphatic carboxylic acids is 2. The van der Waals surface area contributed by atoms with E-state index in [0.717, 1.165) is 0 Å². The fourth-order valence-corrected chi connectivity index (χ4v) is 3.48. The van der Waals surface area contributed by atoms with E-state index in [1.807, 2.05) is 0 Å². The number of nitrogens with zero attached hydrogens (tertiary/aromatic N) is 1. The molecule has 0 rings (SSSR count). The lowest BCUT2D eigenvalue weighted by Gasteiger charge is -2.26. The van der Waals surface area contributed by atoms with Crippen LogP contribution in [0, 0.1) is 5.92 Å². The molecule has 0 saturated heterocycles. The van der Waals surface area contributed by atoms with E-state index >= 15 is 0 Å². The fraction of sp³-hybridized carbons (Fsp3) is 0.696. The predicted molar refractivity (Wildman–Crippen MR) is 141 cm³/mol. The molecule has 0 bridgehead atoms. The first-order valence-corrected chi connectivity index (χ1v) is 12.6. The van der Waals surface area contributed by atoms with Crippen LogP contribution in [0.1, 0.15) is 59.3 Å². The molecule has 0 unspecified atom stereocenters. The first-order chi connectivity index (χ1) is 18.2. The largest absolute Gasteiger partial charge is 0.481 e. The third kappa shape index (κ3) is 15.1. The Kier molecular flexibility index (Phi) is 16.5. The van der Waals surface area contributed by atoms with Gasteiger partial charge >= 0.3 is 11.9 Å². The summed E-state index contributed by atoms with van der Waals surface area (Å²) in [6, 6.07) is -5.16. The van der Waals surface area contributed by atoms with Gasteiger partial charge in [0.2, 0.25) is 23.6 Å². The Morgan fingerprint density at radius 1 is 0.769 bits per heavy atom. The molecule has 0 aromatic rings. The van der Waals surface area contributed by atoms with Crippen LogP contribution in [0.5, 0.6) is 0 Å². The van der Waals surface area contributed by atoms with Gasteiger partial charge in [0.15, 0.2) is 5.96 Å². The van der Waals surface area contributed by atoms with Crippen LogP contribution in [0.15, 0.2) is 4.99 Å². The molecule has 0 aromatic carbocycles. The zero-order chi connectivity index (χ0) is 30.1. The fourth-order valence-electron chi connectivity index (χ4n) is 3.48. The van der Waals surface area contributed by atoms with Crippen LogP contribution >= 0.6 is 0 Å². The molecule has 0 heterocycles. The second kappa shape index (κ2) is 18.3. The Hall–Kier alpha value is -3.95. The van der Waals surface area contributed by atoms with Crippen LogP contribution in [-0.4, -0.2) is 89.0 Å². The monoisotopic (exact) mass is 558 g/mol. The molecule has 0 radical (unpaired) electrons. The molecule has 4 atom stereocenters. The van der Waals surface area contributed by atoms with Gasteiger partial charge in [-0.2, -0.15) is 0 Å². The van der Waals surface area contributed by atoms with E-state index < -0.39 is 72.1 Å². The average molecular weight is 559 g/mol. The van der Waals surface area contributed by atoms with Gasteiger partial charge in [-0.05, 0) is 44.6 Å². The predicted octanol–water partition coefficient (Wildman–Crippen LogP) is -2.66. The number of hydrogen-bond acceptors (Lipinski definition) is 8. The van der Waals surface area contributed by atoms with Crippen molar-refractivity contribution in [3.8, 4) is 0 Å². The zero-order valence-electron chi connectivity index (χ0n) is 22.6. The molecule has 0 saturated carbocycles. The molecular weight excluding hydrogens is 516 g/mol. The van der Waals surface area contributed by atoms with Crippen molar-refractivity contribution in [3.05, 3.63) is 0 Å². The molecule has 0 aliphatic rings. The minimum Gasteiger partial charge on any atom is -0.481 e. The second-order valence-electron chi connectivity index (χ2n) is 9.28. The number of carboxylic acids is 2. The lowest BCUT2D eigenvalue weighted by Crippen LogP contribution is -2.58. The van der Waals surface area contributed by atoms with Crippen LogP contribution in [0.2, 0.25) is 0 Å². The van der Waals surface area contributed by atoms with Gasteiger partial charge in [-0.3, -0.25) is 29.0 Å². The molecule has 222 valence electrons. The summed E-state index contributed by atoms with van der Waals surface area (Å²) < 4.78 is 0. The quantitative estimate of drug-likeness (QED) is 0.0448. The summed E-state index contributed by atoms with van der Waals surface area (Å²) in [5.41, 5.74) is 16.1. The standard InChI is InChI=1S/C23H42N8O8/c1-12(2)18(22(38)39)31-21(37)16(11-17(33)34)30-20(36)15(7-4-5-9-24)29-19(35)14(28-13(3)32)8-6-10-27-23(25)26/h12,14-16,18H,4-11,24H2,1-3H3,(H,28,32)(H,29,35)(H,30,36)(H,31,37)(H,33,34)(H,38,39)(H4,25,26,27)/t14-,15-,16-,18-/m0/s1. The zero-order valence-corrected chi connectivity index (χ0v) is 22.6. The number of aliphatic imine (C=N–C) groups is 1. The summed E-state index contributed by atoms with van der Waals surface area (Å²) >= 11 is 0. The van der Waals surface area contributed by atoms with Crippen molar-refractivity contribution in [1.29, 1.82) is 0 Å². The Labute approximate surface area is 226 Å². The summed E-state index contributed by atoms with van der Waals surface area (Å²) in [4.78, 5) is 77.1. The Morgan fingerprint density at radius 2 is 1.28 bits per heavy atom. The summed E-state index contributed by atoms with van der Waals surface area (Å²) in [6.45, 7) is 4.84. The highest BCUT2D eigenvalue weighted by atomic mass is 16.4. The Morgan fingerprint density at radius 3 is 1.74 bits per heavy atom. The topological polar surface area (TPSA) is 281 Å². The second-order valence-corrected chi connectivity index (χ2v) is 9.28. The van der Waals surface area contributed by atoms with Crippen molar-refractivity contribution < 1.29 is 39.0 Å². The summed E-state index contributed by atoms with van der Waals surface area (Å²) in [5.74, 6) is -6.43. The molecule has 16 heteroatoms. The van der Waals surface area contributed by atoms with Crippen molar-refractivity contribution in [2.45, 2.75) is 83.5 Å². The van der Waals surface area contributed by atoms with Crippen LogP contribution in [0.3, 0.4) is 0 Å². The third-order valence-electron chi connectivity index (χ3n) is 5.46. The summed E-state index contributed by atoms with van der Waals surface area (Å²) in [6.07, 6.45) is 0.678. The van der Waals surface area contributed by atoms with E-state index in [-0.39, 0.29) is 25.3 Å². The number of rotatable bonds is 19. The summed E-state index contributed by atoms with van der Waals surface area (Å²) in [7, 11) is 0. The van der Waals surface area contributed by atoms with E-state index in [2.05, 4.69) is 26.3 Å². The maximum Gasteiger partial charge on any atom is 0.326 e. The lowest BCUT2D eigenvalue weighted by molar-refractivity contribution is -0.144.